The first-order valence-corrected chi connectivity index (χ1v) is 9.92. The van der Waals surface area contributed by atoms with E-state index in [9.17, 15) is 4.79 Å². The van der Waals surface area contributed by atoms with Gasteiger partial charge in [-0.25, -0.2) is 15.0 Å². The van der Waals surface area contributed by atoms with E-state index in [1.54, 1.807) is 24.4 Å². The van der Waals surface area contributed by atoms with Crippen molar-refractivity contribution in [2.24, 2.45) is 0 Å². The van der Waals surface area contributed by atoms with E-state index in [0.717, 1.165) is 22.6 Å². The lowest BCUT2D eigenvalue weighted by molar-refractivity contribution is -0.0246. The Bertz CT molecular complexity index is 1040. The molecule has 0 saturated carbocycles. The highest BCUT2D eigenvalue weighted by atomic mass is 16.5. The first-order chi connectivity index (χ1) is 15.1. The van der Waals surface area contributed by atoms with Crippen molar-refractivity contribution in [3.05, 3.63) is 60.4 Å². The van der Waals surface area contributed by atoms with Gasteiger partial charge in [0, 0.05) is 44.8 Å². The van der Waals surface area contributed by atoms with Gasteiger partial charge in [0.2, 0.25) is 5.95 Å². The minimum atomic E-state index is -0.395. The number of carbonyl (C=O) groups excluding carboxylic acids is 1. The Balaban J connectivity index is 1.67. The van der Waals surface area contributed by atoms with Gasteiger partial charge in [-0.2, -0.15) is 0 Å². The Labute approximate surface area is 180 Å². The maximum atomic E-state index is 12.9. The summed E-state index contributed by atoms with van der Waals surface area (Å²) in [7, 11) is 5.41. The third kappa shape index (κ3) is 4.46. The topological polar surface area (TPSA) is 93.6 Å². The van der Waals surface area contributed by atoms with Gasteiger partial charge >= 0.3 is 0 Å². The van der Waals surface area contributed by atoms with Crippen molar-refractivity contribution >= 4 is 11.9 Å². The van der Waals surface area contributed by atoms with Gasteiger partial charge in [0.1, 0.15) is 17.5 Å². The van der Waals surface area contributed by atoms with Crippen molar-refractivity contribution in [2.75, 3.05) is 45.8 Å². The molecule has 0 aliphatic carbocycles. The number of morpholine rings is 1. The van der Waals surface area contributed by atoms with Crippen LogP contribution in [-0.2, 0) is 4.74 Å². The van der Waals surface area contributed by atoms with Gasteiger partial charge in [-0.05, 0) is 17.7 Å². The lowest BCUT2D eigenvalue weighted by Crippen LogP contribution is -2.43. The molecule has 0 N–H and O–H groups in total. The molecule has 1 atom stereocenters. The van der Waals surface area contributed by atoms with E-state index in [1.807, 2.05) is 43.3 Å². The first kappa shape index (κ1) is 20.7. The van der Waals surface area contributed by atoms with Gasteiger partial charge in [0.25, 0.3) is 5.91 Å². The molecule has 1 aliphatic heterocycles. The van der Waals surface area contributed by atoms with Crippen LogP contribution < -0.4 is 9.64 Å². The molecule has 4 rings (SSSR count). The van der Waals surface area contributed by atoms with E-state index in [4.69, 9.17) is 14.5 Å². The molecule has 1 aromatic carbocycles. The van der Waals surface area contributed by atoms with E-state index in [1.165, 1.54) is 12.4 Å². The molecule has 3 aromatic rings. The maximum absolute atomic E-state index is 12.9. The summed E-state index contributed by atoms with van der Waals surface area (Å²) in [6, 6.07) is 7.71. The van der Waals surface area contributed by atoms with Gasteiger partial charge in [-0.15, -0.1) is 0 Å². The number of aromatic nitrogens is 4. The molecular weight excluding hydrogens is 396 g/mol. The van der Waals surface area contributed by atoms with Crippen LogP contribution in [0.15, 0.2) is 49.1 Å². The number of rotatable bonds is 5. The Morgan fingerprint density at radius 3 is 2.65 bits per heavy atom. The van der Waals surface area contributed by atoms with Crippen LogP contribution in [0.25, 0.3) is 11.1 Å². The fourth-order valence-electron chi connectivity index (χ4n) is 3.41. The van der Waals surface area contributed by atoms with Gasteiger partial charge in [0.15, 0.2) is 0 Å². The second-order valence-corrected chi connectivity index (χ2v) is 7.29. The smallest absolute Gasteiger partial charge is 0.274 e. The van der Waals surface area contributed by atoms with E-state index < -0.39 is 6.10 Å². The molecule has 1 unspecified atom stereocenters. The van der Waals surface area contributed by atoms with Crippen molar-refractivity contribution in [3.63, 3.8) is 0 Å². The zero-order valence-electron chi connectivity index (χ0n) is 17.7. The van der Waals surface area contributed by atoms with Crippen LogP contribution in [-0.4, -0.2) is 71.6 Å². The average Bonchev–Trinajstić information content (AvgIpc) is 2.84. The molecule has 9 nitrogen and oxygen atoms in total. The SMILES string of the molecule is COc1ccc(-c2cnc(N(C)C)nc2C2CN(C(=O)c3cnccn3)CCO2)cc1. The molecule has 1 amide bonds. The van der Waals surface area contributed by atoms with Crippen LogP contribution in [0.2, 0.25) is 0 Å². The van der Waals surface area contributed by atoms with Crippen LogP contribution in [0.3, 0.4) is 0 Å². The third-order valence-corrected chi connectivity index (χ3v) is 5.05. The second kappa shape index (κ2) is 9.05. The molecule has 1 fully saturated rings. The quantitative estimate of drug-likeness (QED) is 0.620. The van der Waals surface area contributed by atoms with Crippen molar-refractivity contribution in [1.29, 1.82) is 0 Å². The van der Waals surface area contributed by atoms with Crippen LogP contribution in [0.1, 0.15) is 22.3 Å². The number of benzene rings is 1. The summed E-state index contributed by atoms with van der Waals surface area (Å²) >= 11 is 0. The highest BCUT2D eigenvalue weighted by molar-refractivity contribution is 5.92. The minimum Gasteiger partial charge on any atom is -0.497 e. The number of ether oxygens (including phenoxy) is 2. The second-order valence-electron chi connectivity index (χ2n) is 7.29. The molecule has 160 valence electrons. The highest BCUT2D eigenvalue weighted by Gasteiger charge is 2.30. The molecule has 3 heterocycles. The summed E-state index contributed by atoms with van der Waals surface area (Å²) in [5.41, 5.74) is 2.85. The first-order valence-electron chi connectivity index (χ1n) is 9.92. The van der Waals surface area contributed by atoms with Crippen molar-refractivity contribution in [1.82, 2.24) is 24.8 Å². The van der Waals surface area contributed by atoms with E-state index >= 15 is 0 Å². The largest absolute Gasteiger partial charge is 0.497 e. The Morgan fingerprint density at radius 1 is 1.16 bits per heavy atom. The van der Waals surface area contributed by atoms with Crippen LogP contribution >= 0.6 is 0 Å². The molecule has 0 spiro atoms. The zero-order valence-corrected chi connectivity index (χ0v) is 17.7. The molecule has 1 saturated heterocycles. The Kier molecular flexibility index (Phi) is 6.03. The molecule has 0 bridgehead atoms. The third-order valence-electron chi connectivity index (χ3n) is 5.05. The fraction of sp³-hybridized carbons (Fsp3) is 0.318. The van der Waals surface area contributed by atoms with Crippen LogP contribution in [0, 0.1) is 0 Å². The summed E-state index contributed by atoms with van der Waals surface area (Å²) < 4.78 is 11.3. The van der Waals surface area contributed by atoms with Gasteiger partial charge in [0.05, 0.1) is 32.2 Å². The monoisotopic (exact) mass is 420 g/mol. The predicted octanol–water partition coefficient (Wildman–Crippen LogP) is 2.22. The maximum Gasteiger partial charge on any atom is 0.274 e. The zero-order chi connectivity index (χ0) is 21.8. The van der Waals surface area contributed by atoms with E-state index in [2.05, 4.69) is 15.0 Å². The number of amides is 1. The lowest BCUT2D eigenvalue weighted by atomic mass is 10.0. The van der Waals surface area contributed by atoms with E-state index in [0.29, 0.717) is 31.3 Å². The standard InChI is InChI=1S/C22H24N6O3/c1-27(2)22-25-12-17(15-4-6-16(30-3)7-5-15)20(26-22)19-14-28(10-11-31-19)21(29)18-13-23-8-9-24-18/h4-9,12-13,19H,10-11,14H2,1-3H3. The molecule has 9 heteroatoms. The van der Waals surface area contributed by atoms with E-state index in [-0.39, 0.29) is 5.91 Å². The summed E-state index contributed by atoms with van der Waals surface area (Å²) in [5.74, 6) is 1.17. The molecule has 2 aromatic heterocycles. The lowest BCUT2D eigenvalue weighted by Gasteiger charge is -2.33. The highest BCUT2D eigenvalue weighted by Crippen LogP contribution is 2.32. The van der Waals surface area contributed by atoms with Gasteiger partial charge < -0.3 is 19.3 Å². The normalized spacial score (nSPS) is 16.1. The van der Waals surface area contributed by atoms with Crippen molar-refractivity contribution in [3.8, 4) is 16.9 Å². The van der Waals surface area contributed by atoms with Crippen LogP contribution in [0.5, 0.6) is 5.75 Å². The average molecular weight is 420 g/mol. The number of nitrogens with zero attached hydrogens (tertiary/aromatic N) is 6. The number of anilines is 1. The fourth-order valence-corrected chi connectivity index (χ4v) is 3.41. The summed E-state index contributed by atoms with van der Waals surface area (Å²) in [5, 5.41) is 0. The Hall–Kier alpha value is -3.59. The van der Waals surface area contributed by atoms with Crippen molar-refractivity contribution < 1.29 is 14.3 Å². The van der Waals surface area contributed by atoms with Crippen LogP contribution in [0.4, 0.5) is 5.95 Å². The number of hydrogen-bond donors (Lipinski definition) is 0. The molecular formula is C22H24N6O3. The summed E-state index contributed by atoms with van der Waals surface area (Å²) in [6.45, 7) is 1.25. The van der Waals surface area contributed by atoms with Gasteiger partial charge in [-0.3, -0.25) is 9.78 Å². The van der Waals surface area contributed by atoms with Crippen molar-refractivity contribution in [2.45, 2.75) is 6.10 Å². The molecule has 31 heavy (non-hydrogen) atoms. The summed E-state index contributed by atoms with van der Waals surface area (Å²) in [6.07, 6.45) is 5.94. The minimum absolute atomic E-state index is 0.172. The number of carbonyl (C=O) groups is 1. The number of hydrogen-bond acceptors (Lipinski definition) is 8. The van der Waals surface area contributed by atoms with Gasteiger partial charge in [-0.1, -0.05) is 12.1 Å². The Morgan fingerprint density at radius 2 is 1.97 bits per heavy atom. The molecule has 0 radical (unpaired) electrons. The predicted molar refractivity (Wildman–Crippen MR) is 115 cm³/mol. The number of methoxy groups -OCH3 is 1. The molecule has 1 aliphatic rings. The summed E-state index contributed by atoms with van der Waals surface area (Å²) in [4.78, 5) is 33.8.